The van der Waals surface area contributed by atoms with Crippen LogP contribution in [-0.2, 0) is 4.79 Å². The van der Waals surface area contributed by atoms with Crippen LogP contribution in [0.15, 0.2) is 55.1 Å². The van der Waals surface area contributed by atoms with Gasteiger partial charge in [-0.3, -0.25) is 4.79 Å². The summed E-state index contributed by atoms with van der Waals surface area (Å²) in [7, 11) is 0. The SMILES string of the molecule is C=Cc1ccc(OCCCCCCOc2ccc(OC(C)=O)cc2)cc1. The molecule has 0 radical (unpaired) electrons. The second kappa shape index (κ2) is 11.0. The van der Waals surface area contributed by atoms with E-state index in [-0.39, 0.29) is 5.97 Å². The van der Waals surface area contributed by atoms with Crippen LogP contribution in [-0.4, -0.2) is 19.2 Å². The summed E-state index contributed by atoms with van der Waals surface area (Å²) in [4.78, 5) is 10.9. The molecule has 0 aliphatic rings. The van der Waals surface area contributed by atoms with Crippen LogP contribution in [0, 0.1) is 0 Å². The van der Waals surface area contributed by atoms with Gasteiger partial charge in [0.25, 0.3) is 0 Å². The zero-order chi connectivity index (χ0) is 18.6. The van der Waals surface area contributed by atoms with Gasteiger partial charge in [-0.15, -0.1) is 0 Å². The lowest BCUT2D eigenvalue weighted by molar-refractivity contribution is -0.131. The van der Waals surface area contributed by atoms with E-state index < -0.39 is 0 Å². The number of carbonyl (C=O) groups excluding carboxylic acids is 1. The molecule has 2 aromatic rings. The van der Waals surface area contributed by atoms with Gasteiger partial charge in [-0.1, -0.05) is 24.8 Å². The Hall–Kier alpha value is -2.75. The van der Waals surface area contributed by atoms with Crippen molar-refractivity contribution in [3.63, 3.8) is 0 Å². The van der Waals surface area contributed by atoms with Crippen LogP contribution in [0.3, 0.4) is 0 Å². The molecule has 0 saturated carbocycles. The molecule has 0 amide bonds. The lowest BCUT2D eigenvalue weighted by Crippen LogP contribution is -2.02. The van der Waals surface area contributed by atoms with E-state index in [9.17, 15) is 4.79 Å². The van der Waals surface area contributed by atoms with E-state index in [1.165, 1.54) is 6.92 Å². The first-order valence-electron chi connectivity index (χ1n) is 8.94. The number of rotatable bonds is 11. The molecular weight excluding hydrogens is 328 g/mol. The van der Waals surface area contributed by atoms with Crippen LogP contribution in [0.25, 0.3) is 6.08 Å². The maximum atomic E-state index is 10.9. The monoisotopic (exact) mass is 354 g/mol. The third-order valence-corrected chi connectivity index (χ3v) is 3.78. The number of benzene rings is 2. The largest absolute Gasteiger partial charge is 0.494 e. The first-order chi connectivity index (χ1) is 12.7. The van der Waals surface area contributed by atoms with Gasteiger partial charge in [-0.25, -0.2) is 0 Å². The van der Waals surface area contributed by atoms with Crippen molar-refractivity contribution in [3.8, 4) is 17.2 Å². The number of hydrogen-bond acceptors (Lipinski definition) is 4. The number of esters is 1. The Morgan fingerprint density at radius 1 is 0.808 bits per heavy atom. The summed E-state index contributed by atoms with van der Waals surface area (Å²) in [6.07, 6.45) is 6.06. The molecule has 0 aromatic heterocycles. The van der Waals surface area contributed by atoms with Crippen LogP contribution in [0.5, 0.6) is 17.2 Å². The van der Waals surface area contributed by atoms with Gasteiger partial charge in [0.2, 0.25) is 0 Å². The predicted molar refractivity (Wildman–Crippen MR) is 104 cm³/mol. The lowest BCUT2D eigenvalue weighted by Gasteiger charge is -2.08. The molecule has 4 heteroatoms. The highest BCUT2D eigenvalue weighted by atomic mass is 16.5. The van der Waals surface area contributed by atoms with Crippen molar-refractivity contribution >= 4 is 12.0 Å². The van der Waals surface area contributed by atoms with Crippen molar-refractivity contribution in [3.05, 3.63) is 60.7 Å². The van der Waals surface area contributed by atoms with Gasteiger partial charge in [-0.2, -0.15) is 0 Å². The molecule has 0 atom stereocenters. The van der Waals surface area contributed by atoms with Crippen molar-refractivity contribution in [2.24, 2.45) is 0 Å². The number of carbonyl (C=O) groups is 1. The summed E-state index contributed by atoms with van der Waals surface area (Å²) in [6.45, 7) is 6.52. The summed E-state index contributed by atoms with van der Waals surface area (Å²) in [5, 5.41) is 0. The third-order valence-electron chi connectivity index (χ3n) is 3.78. The molecule has 0 fully saturated rings. The third kappa shape index (κ3) is 7.43. The fourth-order valence-electron chi connectivity index (χ4n) is 2.41. The minimum Gasteiger partial charge on any atom is -0.494 e. The first kappa shape index (κ1) is 19.6. The quantitative estimate of drug-likeness (QED) is 0.313. The molecule has 0 spiro atoms. The van der Waals surface area contributed by atoms with E-state index >= 15 is 0 Å². The summed E-state index contributed by atoms with van der Waals surface area (Å²) in [6, 6.07) is 15.0. The van der Waals surface area contributed by atoms with Crippen molar-refractivity contribution < 1.29 is 19.0 Å². The average molecular weight is 354 g/mol. The van der Waals surface area contributed by atoms with Gasteiger partial charge in [0.05, 0.1) is 13.2 Å². The highest BCUT2D eigenvalue weighted by Crippen LogP contribution is 2.18. The summed E-state index contributed by atoms with van der Waals surface area (Å²) in [5.41, 5.74) is 1.10. The number of unbranched alkanes of at least 4 members (excludes halogenated alkanes) is 3. The topological polar surface area (TPSA) is 44.8 Å². The molecule has 0 aliphatic heterocycles. The average Bonchev–Trinajstić information content (AvgIpc) is 2.65. The zero-order valence-electron chi connectivity index (χ0n) is 15.3. The fourth-order valence-corrected chi connectivity index (χ4v) is 2.41. The smallest absolute Gasteiger partial charge is 0.308 e. The Kier molecular flexibility index (Phi) is 8.27. The van der Waals surface area contributed by atoms with E-state index in [1.807, 2.05) is 42.5 Å². The van der Waals surface area contributed by atoms with Crippen LogP contribution in [0.4, 0.5) is 0 Å². The van der Waals surface area contributed by atoms with E-state index in [1.54, 1.807) is 12.1 Å². The van der Waals surface area contributed by atoms with Crippen molar-refractivity contribution in [1.82, 2.24) is 0 Å². The van der Waals surface area contributed by atoms with Crippen LogP contribution in [0.1, 0.15) is 38.2 Å². The number of ether oxygens (including phenoxy) is 3. The van der Waals surface area contributed by atoms with Crippen LogP contribution in [0.2, 0.25) is 0 Å². The normalized spacial score (nSPS) is 10.2. The van der Waals surface area contributed by atoms with Crippen LogP contribution >= 0.6 is 0 Å². The Morgan fingerprint density at radius 3 is 1.73 bits per heavy atom. The van der Waals surface area contributed by atoms with Crippen molar-refractivity contribution in [1.29, 1.82) is 0 Å². The van der Waals surface area contributed by atoms with Crippen molar-refractivity contribution in [2.75, 3.05) is 13.2 Å². The van der Waals surface area contributed by atoms with Gasteiger partial charge < -0.3 is 14.2 Å². The maximum Gasteiger partial charge on any atom is 0.308 e. The fraction of sp³-hybridized carbons (Fsp3) is 0.318. The standard InChI is InChI=1S/C22H26O4/c1-3-19-8-10-20(11-9-19)24-16-6-4-5-7-17-25-21-12-14-22(15-13-21)26-18(2)23/h3,8-15H,1,4-7,16-17H2,2H3. The van der Waals surface area contributed by atoms with Gasteiger partial charge in [0.15, 0.2) is 0 Å². The molecule has 0 bridgehead atoms. The van der Waals surface area contributed by atoms with E-state index in [4.69, 9.17) is 14.2 Å². The second-order valence-corrected chi connectivity index (χ2v) is 5.95. The van der Waals surface area contributed by atoms with Gasteiger partial charge in [0, 0.05) is 6.92 Å². The van der Waals surface area contributed by atoms with E-state index in [0.29, 0.717) is 12.4 Å². The summed E-state index contributed by atoms with van der Waals surface area (Å²) < 4.78 is 16.4. The minimum atomic E-state index is -0.323. The van der Waals surface area contributed by atoms with E-state index in [2.05, 4.69) is 6.58 Å². The highest BCUT2D eigenvalue weighted by molar-refractivity contribution is 5.69. The Morgan fingerprint density at radius 2 is 1.27 bits per heavy atom. The summed E-state index contributed by atoms with van der Waals surface area (Å²) >= 11 is 0. The molecular formula is C22H26O4. The zero-order valence-corrected chi connectivity index (χ0v) is 15.3. The van der Waals surface area contributed by atoms with Crippen LogP contribution < -0.4 is 14.2 Å². The Bertz CT molecular complexity index is 674. The molecule has 0 unspecified atom stereocenters. The van der Waals surface area contributed by atoms with Gasteiger partial charge in [-0.05, 0) is 67.6 Å². The van der Waals surface area contributed by atoms with Gasteiger partial charge in [0.1, 0.15) is 17.2 Å². The Labute approximate surface area is 155 Å². The molecule has 2 rings (SSSR count). The molecule has 2 aromatic carbocycles. The molecule has 26 heavy (non-hydrogen) atoms. The molecule has 0 aliphatic carbocycles. The molecule has 0 heterocycles. The molecule has 138 valence electrons. The van der Waals surface area contributed by atoms with Crippen molar-refractivity contribution in [2.45, 2.75) is 32.6 Å². The second-order valence-electron chi connectivity index (χ2n) is 5.95. The first-order valence-corrected chi connectivity index (χ1v) is 8.94. The lowest BCUT2D eigenvalue weighted by atomic mass is 10.2. The Balaban J connectivity index is 1.51. The van der Waals surface area contributed by atoms with E-state index in [0.717, 1.165) is 49.4 Å². The molecule has 0 saturated heterocycles. The summed E-state index contributed by atoms with van der Waals surface area (Å²) in [5.74, 6) is 1.89. The predicted octanol–water partition coefficient (Wildman–Crippen LogP) is 5.27. The number of hydrogen-bond donors (Lipinski definition) is 0. The maximum absolute atomic E-state index is 10.9. The molecule has 4 nitrogen and oxygen atoms in total. The highest BCUT2D eigenvalue weighted by Gasteiger charge is 1.99. The van der Waals surface area contributed by atoms with Gasteiger partial charge >= 0.3 is 5.97 Å². The minimum absolute atomic E-state index is 0.323. The molecule has 0 N–H and O–H groups in total.